The zero-order valence-electron chi connectivity index (χ0n) is 8.21. The molecule has 0 saturated heterocycles. The van der Waals surface area contributed by atoms with Gasteiger partial charge in [-0.25, -0.2) is 0 Å². The van der Waals surface area contributed by atoms with E-state index in [9.17, 15) is 0 Å². The molecule has 0 spiro atoms. The third kappa shape index (κ3) is 3.99. The van der Waals surface area contributed by atoms with Crippen molar-refractivity contribution in [1.82, 2.24) is 0 Å². The molecule has 0 aromatic heterocycles. The Bertz CT molecular complexity index is 265. The smallest absolute Gasteiger partial charge is 0.137 e. The van der Waals surface area contributed by atoms with E-state index in [0.717, 1.165) is 31.6 Å². The molecule has 0 amide bonds. The fourth-order valence-corrected chi connectivity index (χ4v) is 1.36. The maximum Gasteiger partial charge on any atom is 0.137 e. The Labute approximate surface area is 90.0 Å². The van der Waals surface area contributed by atoms with Crippen molar-refractivity contribution >= 4 is 11.6 Å². The molecule has 0 heterocycles. The number of rotatable bonds is 6. The van der Waals surface area contributed by atoms with E-state index in [0.29, 0.717) is 11.6 Å². The van der Waals surface area contributed by atoms with Crippen molar-refractivity contribution in [2.75, 3.05) is 13.2 Å². The average Bonchev–Trinajstić information content (AvgIpc) is 2.20. The highest BCUT2D eigenvalue weighted by molar-refractivity contribution is 6.32. The number of para-hydroxylation sites is 1. The van der Waals surface area contributed by atoms with Crippen LogP contribution in [-0.4, -0.2) is 13.2 Å². The zero-order chi connectivity index (χ0) is 10.2. The molecule has 0 aliphatic heterocycles. The summed E-state index contributed by atoms with van der Waals surface area (Å²) < 4.78 is 5.51. The lowest BCUT2D eigenvalue weighted by atomic mass is 10.2. The van der Waals surface area contributed by atoms with Crippen molar-refractivity contribution in [2.24, 2.45) is 5.73 Å². The maximum absolute atomic E-state index is 5.92. The predicted molar refractivity (Wildman–Crippen MR) is 59.9 cm³/mol. The number of hydrogen-bond acceptors (Lipinski definition) is 2. The molecule has 0 atom stereocenters. The number of unbranched alkanes of at least 4 members (excludes halogenated alkanes) is 2. The molecule has 0 radical (unpaired) electrons. The SMILES string of the molecule is NCCCCCOc1ccccc1Cl. The first kappa shape index (κ1) is 11.3. The van der Waals surface area contributed by atoms with Crippen molar-refractivity contribution in [1.29, 1.82) is 0 Å². The largest absolute Gasteiger partial charge is 0.492 e. The number of hydrogen-bond donors (Lipinski definition) is 1. The molecule has 1 aromatic rings. The number of ether oxygens (including phenoxy) is 1. The monoisotopic (exact) mass is 213 g/mol. The van der Waals surface area contributed by atoms with Gasteiger partial charge >= 0.3 is 0 Å². The van der Waals surface area contributed by atoms with Crippen molar-refractivity contribution in [3.05, 3.63) is 29.3 Å². The van der Waals surface area contributed by atoms with Crippen LogP contribution in [0, 0.1) is 0 Å². The second kappa shape index (κ2) is 6.68. The molecule has 2 nitrogen and oxygen atoms in total. The second-order valence-corrected chi connectivity index (χ2v) is 3.54. The molecular weight excluding hydrogens is 198 g/mol. The van der Waals surface area contributed by atoms with Crippen LogP contribution in [0.15, 0.2) is 24.3 Å². The first-order valence-electron chi connectivity index (χ1n) is 4.92. The van der Waals surface area contributed by atoms with Gasteiger partial charge in [-0.05, 0) is 37.9 Å². The Kier molecular flexibility index (Phi) is 5.42. The van der Waals surface area contributed by atoms with Gasteiger partial charge in [0, 0.05) is 0 Å². The number of benzene rings is 1. The van der Waals surface area contributed by atoms with E-state index in [1.54, 1.807) is 0 Å². The van der Waals surface area contributed by atoms with Gasteiger partial charge in [0.05, 0.1) is 11.6 Å². The minimum Gasteiger partial charge on any atom is -0.492 e. The van der Waals surface area contributed by atoms with Crippen LogP contribution in [0.3, 0.4) is 0 Å². The third-order valence-electron chi connectivity index (χ3n) is 1.94. The lowest BCUT2D eigenvalue weighted by Gasteiger charge is -2.06. The van der Waals surface area contributed by atoms with Crippen LogP contribution in [0.25, 0.3) is 0 Å². The van der Waals surface area contributed by atoms with Crippen LogP contribution in [0.1, 0.15) is 19.3 Å². The normalized spacial score (nSPS) is 10.1. The highest BCUT2D eigenvalue weighted by Gasteiger charge is 1.98. The standard InChI is InChI=1S/C11H16ClNO/c12-10-6-2-3-7-11(10)14-9-5-1-4-8-13/h2-3,6-7H,1,4-5,8-9,13H2. The van der Waals surface area contributed by atoms with E-state index in [2.05, 4.69) is 0 Å². The van der Waals surface area contributed by atoms with Gasteiger partial charge in [-0.2, -0.15) is 0 Å². The fourth-order valence-electron chi connectivity index (χ4n) is 1.17. The van der Waals surface area contributed by atoms with Crippen molar-refractivity contribution in [3.8, 4) is 5.75 Å². The highest BCUT2D eigenvalue weighted by Crippen LogP contribution is 2.23. The van der Waals surface area contributed by atoms with Crippen LogP contribution in [0.4, 0.5) is 0 Å². The summed E-state index contributed by atoms with van der Waals surface area (Å²) in [6, 6.07) is 7.52. The summed E-state index contributed by atoms with van der Waals surface area (Å²) in [5, 5.41) is 0.673. The fraction of sp³-hybridized carbons (Fsp3) is 0.455. The summed E-state index contributed by atoms with van der Waals surface area (Å²) in [6.07, 6.45) is 3.20. The highest BCUT2D eigenvalue weighted by atomic mass is 35.5. The molecule has 2 N–H and O–H groups in total. The Morgan fingerprint density at radius 1 is 1.14 bits per heavy atom. The topological polar surface area (TPSA) is 35.2 Å². The molecule has 78 valence electrons. The van der Waals surface area contributed by atoms with Gasteiger partial charge in [0.15, 0.2) is 0 Å². The van der Waals surface area contributed by atoms with E-state index in [1.807, 2.05) is 24.3 Å². The van der Waals surface area contributed by atoms with Crippen molar-refractivity contribution in [2.45, 2.75) is 19.3 Å². The van der Waals surface area contributed by atoms with Gasteiger partial charge < -0.3 is 10.5 Å². The van der Waals surface area contributed by atoms with E-state index in [1.165, 1.54) is 0 Å². The molecular formula is C11H16ClNO. The first-order valence-corrected chi connectivity index (χ1v) is 5.30. The van der Waals surface area contributed by atoms with Crippen molar-refractivity contribution < 1.29 is 4.74 Å². The molecule has 0 saturated carbocycles. The van der Waals surface area contributed by atoms with Gasteiger partial charge in [-0.15, -0.1) is 0 Å². The van der Waals surface area contributed by atoms with E-state index < -0.39 is 0 Å². The van der Waals surface area contributed by atoms with Crippen molar-refractivity contribution in [3.63, 3.8) is 0 Å². The molecule has 0 unspecified atom stereocenters. The average molecular weight is 214 g/mol. The molecule has 14 heavy (non-hydrogen) atoms. The van der Waals surface area contributed by atoms with E-state index >= 15 is 0 Å². The first-order chi connectivity index (χ1) is 6.84. The second-order valence-electron chi connectivity index (χ2n) is 3.13. The van der Waals surface area contributed by atoms with Crippen LogP contribution >= 0.6 is 11.6 Å². The van der Waals surface area contributed by atoms with Gasteiger partial charge in [0.2, 0.25) is 0 Å². The molecule has 0 fully saturated rings. The summed E-state index contributed by atoms with van der Waals surface area (Å²) >= 11 is 5.92. The summed E-state index contributed by atoms with van der Waals surface area (Å²) in [5.74, 6) is 0.766. The molecule has 0 aliphatic carbocycles. The number of nitrogens with two attached hydrogens (primary N) is 1. The molecule has 3 heteroatoms. The van der Waals surface area contributed by atoms with E-state index in [4.69, 9.17) is 22.1 Å². The van der Waals surface area contributed by atoms with Crippen LogP contribution in [0.2, 0.25) is 5.02 Å². The van der Waals surface area contributed by atoms with Crippen LogP contribution < -0.4 is 10.5 Å². The van der Waals surface area contributed by atoms with E-state index in [-0.39, 0.29) is 0 Å². The molecule has 1 rings (SSSR count). The summed E-state index contributed by atoms with van der Waals surface area (Å²) in [5.41, 5.74) is 5.38. The summed E-state index contributed by atoms with van der Waals surface area (Å²) in [4.78, 5) is 0. The summed E-state index contributed by atoms with van der Waals surface area (Å²) in [7, 11) is 0. The lowest BCUT2D eigenvalue weighted by molar-refractivity contribution is 0.306. The molecule has 0 bridgehead atoms. The Hall–Kier alpha value is -0.730. The predicted octanol–water partition coefficient (Wildman–Crippen LogP) is 2.85. The Morgan fingerprint density at radius 3 is 2.64 bits per heavy atom. The molecule has 0 aliphatic rings. The van der Waals surface area contributed by atoms with Crippen LogP contribution in [0.5, 0.6) is 5.75 Å². The maximum atomic E-state index is 5.92. The summed E-state index contributed by atoms with van der Waals surface area (Å²) in [6.45, 7) is 1.47. The molecule has 1 aromatic carbocycles. The minimum absolute atomic E-state index is 0.673. The van der Waals surface area contributed by atoms with Gasteiger partial charge in [0.25, 0.3) is 0 Å². The third-order valence-corrected chi connectivity index (χ3v) is 2.25. The van der Waals surface area contributed by atoms with Gasteiger partial charge in [0.1, 0.15) is 5.75 Å². The quantitative estimate of drug-likeness (QED) is 0.738. The Morgan fingerprint density at radius 2 is 1.93 bits per heavy atom. The van der Waals surface area contributed by atoms with Gasteiger partial charge in [-0.3, -0.25) is 0 Å². The number of halogens is 1. The zero-order valence-corrected chi connectivity index (χ0v) is 8.96. The van der Waals surface area contributed by atoms with Gasteiger partial charge in [-0.1, -0.05) is 23.7 Å². The lowest BCUT2D eigenvalue weighted by Crippen LogP contribution is -2.01. The Balaban J connectivity index is 2.21. The minimum atomic E-state index is 0.673. The van der Waals surface area contributed by atoms with Crippen LogP contribution in [-0.2, 0) is 0 Å².